The van der Waals surface area contributed by atoms with Crippen LogP contribution < -0.4 is 0 Å². The van der Waals surface area contributed by atoms with Gasteiger partial charge in [-0.1, -0.05) is 0 Å². The number of nitriles is 1. The first kappa shape index (κ1) is 8.38. The summed E-state index contributed by atoms with van der Waals surface area (Å²) >= 11 is 0. The van der Waals surface area contributed by atoms with Crippen molar-refractivity contribution in [2.75, 3.05) is 0 Å². The molecule has 5 heteroatoms. The maximum Gasteiger partial charge on any atom is 0.153 e. The molecule has 0 aromatic carbocycles. The molecule has 0 amide bonds. The summed E-state index contributed by atoms with van der Waals surface area (Å²) in [6.45, 7) is 0. The molecule has 68 valence electrons. The fraction of sp³-hybridized carbons (Fsp3) is 0. The SMILES string of the molecule is N#Cc1cnn(-c2ccc(F)cn2)c1. The summed E-state index contributed by atoms with van der Waals surface area (Å²) in [5.74, 6) is 0.0781. The van der Waals surface area contributed by atoms with E-state index in [1.54, 1.807) is 0 Å². The Labute approximate surface area is 79.2 Å². The van der Waals surface area contributed by atoms with Crippen LogP contribution in [0.25, 0.3) is 5.82 Å². The fourth-order valence-electron chi connectivity index (χ4n) is 1.01. The van der Waals surface area contributed by atoms with Gasteiger partial charge in [0.25, 0.3) is 0 Å². The van der Waals surface area contributed by atoms with Crippen LogP contribution in [-0.4, -0.2) is 14.8 Å². The third kappa shape index (κ3) is 1.45. The van der Waals surface area contributed by atoms with E-state index in [1.807, 2.05) is 6.07 Å². The second kappa shape index (κ2) is 3.26. The maximum absolute atomic E-state index is 12.5. The number of nitrogens with zero attached hydrogens (tertiary/aromatic N) is 4. The van der Waals surface area contributed by atoms with E-state index in [0.717, 1.165) is 6.20 Å². The highest BCUT2D eigenvalue weighted by atomic mass is 19.1. The molecular weight excluding hydrogens is 183 g/mol. The summed E-state index contributed by atoms with van der Waals surface area (Å²) < 4.78 is 13.9. The third-order valence-corrected chi connectivity index (χ3v) is 1.66. The first-order valence-corrected chi connectivity index (χ1v) is 3.86. The monoisotopic (exact) mass is 188 g/mol. The van der Waals surface area contributed by atoms with Crippen LogP contribution in [0.2, 0.25) is 0 Å². The smallest absolute Gasteiger partial charge is 0.153 e. The van der Waals surface area contributed by atoms with Gasteiger partial charge in [0.2, 0.25) is 0 Å². The molecule has 2 aromatic rings. The zero-order valence-electron chi connectivity index (χ0n) is 7.05. The highest BCUT2D eigenvalue weighted by Gasteiger charge is 2.00. The van der Waals surface area contributed by atoms with Crippen molar-refractivity contribution >= 4 is 0 Å². The summed E-state index contributed by atoms with van der Waals surface area (Å²) in [4.78, 5) is 3.81. The van der Waals surface area contributed by atoms with Gasteiger partial charge in [-0.15, -0.1) is 0 Å². The van der Waals surface area contributed by atoms with Crippen LogP contribution in [0.5, 0.6) is 0 Å². The largest absolute Gasteiger partial charge is 0.234 e. The molecule has 0 unspecified atom stereocenters. The van der Waals surface area contributed by atoms with Crippen LogP contribution >= 0.6 is 0 Å². The summed E-state index contributed by atoms with van der Waals surface area (Å²) in [5, 5.41) is 12.5. The topological polar surface area (TPSA) is 54.5 Å². The zero-order valence-corrected chi connectivity index (χ0v) is 7.05. The molecule has 0 saturated heterocycles. The molecule has 0 aliphatic heterocycles. The predicted molar refractivity (Wildman–Crippen MR) is 46.0 cm³/mol. The first-order valence-electron chi connectivity index (χ1n) is 3.86. The second-order valence-electron chi connectivity index (χ2n) is 2.62. The first-order chi connectivity index (χ1) is 6.79. The average molecular weight is 188 g/mol. The molecule has 0 spiro atoms. The Balaban J connectivity index is 2.40. The summed E-state index contributed by atoms with van der Waals surface area (Å²) in [6.07, 6.45) is 4.05. The second-order valence-corrected chi connectivity index (χ2v) is 2.62. The van der Waals surface area contributed by atoms with Crippen molar-refractivity contribution in [2.24, 2.45) is 0 Å². The Hall–Kier alpha value is -2.22. The van der Waals surface area contributed by atoms with Crippen molar-refractivity contribution in [1.82, 2.24) is 14.8 Å². The predicted octanol–water partition coefficient (Wildman–Crippen LogP) is 1.28. The van der Waals surface area contributed by atoms with Crippen LogP contribution in [0.3, 0.4) is 0 Å². The Bertz CT molecular complexity index is 480. The van der Waals surface area contributed by atoms with Crippen LogP contribution in [-0.2, 0) is 0 Å². The van der Waals surface area contributed by atoms with Crippen LogP contribution in [0.4, 0.5) is 4.39 Å². The molecule has 0 saturated carbocycles. The molecule has 0 radical (unpaired) electrons. The lowest BCUT2D eigenvalue weighted by Gasteiger charge is -1.97. The van der Waals surface area contributed by atoms with Crippen LogP contribution in [0, 0.1) is 17.1 Å². The Morgan fingerprint density at radius 2 is 2.21 bits per heavy atom. The van der Waals surface area contributed by atoms with Gasteiger partial charge in [0.15, 0.2) is 5.82 Å². The summed E-state index contributed by atoms with van der Waals surface area (Å²) in [6, 6.07) is 4.72. The molecule has 2 aromatic heterocycles. The van der Waals surface area contributed by atoms with E-state index < -0.39 is 5.82 Å². The molecular formula is C9H5FN4. The van der Waals surface area contributed by atoms with E-state index in [2.05, 4.69) is 10.1 Å². The molecule has 2 heterocycles. The van der Waals surface area contributed by atoms with Gasteiger partial charge in [-0.25, -0.2) is 14.1 Å². The molecule has 14 heavy (non-hydrogen) atoms. The number of halogens is 1. The van der Waals surface area contributed by atoms with Gasteiger partial charge in [0.05, 0.1) is 24.2 Å². The lowest BCUT2D eigenvalue weighted by atomic mass is 10.4. The highest BCUT2D eigenvalue weighted by Crippen LogP contribution is 2.05. The van der Waals surface area contributed by atoms with Crippen LogP contribution in [0.1, 0.15) is 5.56 Å². The Kier molecular flexibility index (Phi) is 1.95. The molecule has 2 rings (SSSR count). The van der Waals surface area contributed by atoms with Gasteiger partial charge >= 0.3 is 0 Å². The Morgan fingerprint density at radius 3 is 2.79 bits per heavy atom. The number of aromatic nitrogens is 3. The van der Waals surface area contributed by atoms with Gasteiger partial charge in [-0.05, 0) is 12.1 Å². The number of hydrogen-bond donors (Lipinski definition) is 0. The van der Waals surface area contributed by atoms with E-state index in [9.17, 15) is 4.39 Å². The minimum absolute atomic E-state index is 0.401. The molecule has 0 fully saturated rings. The number of rotatable bonds is 1. The van der Waals surface area contributed by atoms with Crippen molar-refractivity contribution in [2.45, 2.75) is 0 Å². The molecule has 0 atom stereocenters. The van der Waals surface area contributed by atoms with E-state index in [-0.39, 0.29) is 0 Å². The third-order valence-electron chi connectivity index (χ3n) is 1.66. The highest BCUT2D eigenvalue weighted by molar-refractivity contribution is 5.28. The standard InChI is InChI=1S/C9H5FN4/c10-8-1-2-9(12-5-8)14-6-7(3-11)4-13-14/h1-2,4-6H. The van der Waals surface area contributed by atoms with Gasteiger partial charge in [0, 0.05) is 0 Å². The molecule has 0 N–H and O–H groups in total. The van der Waals surface area contributed by atoms with Crippen LogP contribution in [0.15, 0.2) is 30.7 Å². The van der Waals surface area contributed by atoms with Crippen molar-refractivity contribution in [3.63, 3.8) is 0 Å². The fourth-order valence-corrected chi connectivity index (χ4v) is 1.01. The minimum atomic E-state index is -0.401. The zero-order chi connectivity index (χ0) is 9.97. The van der Waals surface area contributed by atoms with Gasteiger partial charge < -0.3 is 0 Å². The minimum Gasteiger partial charge on any atom is -0.234 e. The molecule has 4 nitrogen and oxygen atoms in total. The van der Waals surface area contributed by atoms with Crippen molar-refractivity contribution in [3.05, 3.63) is 42.1 Å². The number of hydrogen-bond acceptors (Lipinski definition) is 3. The van der Waals surface area contributed by atoms with Gasteiger partial charge in [-0.3, -0.25) is 0 Å². The van der Waals surface area contributed by atoms with E-state index in [0.29, 0.717) is 11.4 Å². The average Bonchev–Trinajstić information content (AvgIpc) is 2.67. The van der Waals surface area contributed by atoms with E-state index in [1.165, 1.54) is 29.2 Å². The van der Waals surface area contributed by atoms with Crippen molar-refractivity contribution < 1.29 is 4.39 Å². The quantitative estimate of drug-likeness (QED) is 0.677. The number of pyridine rings is 1. The molecule has 0 aliphatic carbocycles. The van der Waals surface area contributed by atoms with Crippen molar-refractivity contribution in [3.8, 4) is 11.9 Å². The van der Waals surface area contributed by atoms with E-state index >= 15 is 0 Å². The normalized spacial score (nSPS) is 9.71. The summed E-state index contributed by atoms with van der Waals surface area (Å²) in [5.41, 5.74) is 0.441. The maximum atomic E-state index is 12.5. The van der Waals surface area contributed by atoms with E-state index in [4.69, 9.17) is 5.26 Å². The lowest BCUT2D eigenvalue weighted by Crippen LogP contribution is -1.97. The Morgan fingerprint density at radius 1 is 1.36 bits per heavy atom. The van der Waals surface area contributed by atoms with Gasteiger partial charge in [-0.2, -0.15) is 10.4 Å². The van der Waals surface area contributed by atoms with Crippen molar-refractivity contribution in [1.29, 1.82) is 5.26 Å². The molecule has 0 bridgehead atoms. The van der Waals surface area contributed by atoms with Gasteiger partial charge in [0.1, 0.15) is 11.9 Å². The summed E-state index contributed by atoms with van der Waals surface area (Å²) in [7, 11) is 0. The lowest BCUT2D eigenvalue weighted by molar-refractivity contribution is 0.619. The molecule has 0 aliphatic rings.